The Morgan fingerprint density at radius 3 is 2.00 bits per heavy atom. The first kappa shape index (κ1) is 9.14. The Morgan fingerprint density at radius 2 is 2.00 bits per heavy atom. The molecule has 0 aliphatic rings. The molecule has 58 valence electrons. The van der Waals surface area contributed by atoms with Crippen LogP contribution in [0.15, 0.2) is 0 Å². The smallest absolute Gasteiger partial charge is 0.226 e. The van der Waals surface area contributed by atoms with Crippen molar-refractivity contribution in [1.82, 2.24) is 0 Å². The van der Waals surface area contributed by atoms with Gasteiger partial charge in [0.2, 0.25) is 5.91 Å². The molecule has 0 spiro atoms. The van der Waals surface area contributed by atoms with E-state index < -0.39 is 11.8 Å². The standard InChI is InChI=1S/C7H14N2O/c1-7(2,3)5(4-8)6(9)10/h4-5,8H,1-3H3,(H2,9,10)/t5-/m1/s1. The molecule has 0 rings (SSSR count). The van der Waals surface area contributed by atoms with Crippen molar-refractivity contribution in [3.63, 3.8) is 0 Å². The third kappa shape index (κ3) is 2.17. The molecular formula is C7H14N2O. The molecule has 1 amide bonds. The number of carbonyl (C=O) groups excluding carboxylic acids is 1. The van der Waals surface area contributed by atoms with E-state index in [9.17, 15) is 4.79 Å². The summed E-state index contributed by atoms with van der Waals surface area (Å²) < 4.78 is 0. The fourth-order valence-corrected chi connectivity index (χ4v) is 0.759. The van der Waals surface area contributed by atoms with Crippen molar-refractivity contribution >= 4 is 12.1 Å². The summed E-state index contributed by atoms with van der Waals surface area (Å²) in [6.07, 6.45) is 1.10. The molecule has 10 heavy (non-hydrogen) atoms. The first-order valence-electron chi connectivity index (χ1n) is 3.19. The molecule has 0 aromatic heterocycles. The Kier molecular flexibility index (Phi) is 2.57. The van der Waals surface area contributed by atoms with Gasteiger partial charge in [0.1, 0.15) is 0 Å². The van der Waals surface area contributed by atoms with Crippen LogP contribution in [-0.4, -0.2) is 12.1 Å². The molecule has 0 saturated heterocycles. The van der Waals surface area contributed by atoms with Gasteiger partial charge in [-0.2, -0.15) is 0 Å². The molecule has 1 atom stereocenters. The van der Waals surface area contributed by atoms with Crippen LogP contribution in [0.5, 0.6) is 0 Å². The second-order valence-corrected chi connectivity index (χ2v) is 3.41. The van der Waals surface area contributed by atoms with Crippen molar-refractivity contribution in [2.45, 2.75) is 20.8 Å². The largest absolute Gasteiger partial charge is 0.369 e. The summed E-state index contributed by atoms with van der Waals surface area (Å²) in [6, 6.07) is 0. The number of rotatable bonds is 2. The average molecular weight is 142 g/mol. The van der Waals surface area contributed by atoms with Gasteiger partial charge >= 0.3 is 0 Å². The van der Waals surface area contributed by atoms with Crippen molar-refractivity contribution < 1.29 is 4.79 Å². The summed E-state index contributed by atoms with van der Waals surface area (Å²) in [6.45, 7) is 5.65. The number of hydrogen-bond acceptors (Lipinski definition) is 2. The third-order valence-corrected chi connectivity index (χ3v) is 1.41. The van der Waals surface area contributed by atoms with Crippen LogP contribution >= 0.6 is 0 Å². The van der Waals surface area contributed by atoms with Crippen LogP contribution in [-0.2, 0) is 4.79 Å². The van der Waals surface area contributed by atoms with Crippen LogP contribution in [0.1, 0.15) is 20.8 Å². The van der Waals surface area contributed by atoms with Gasteiger partial charge in [-0.15, -0.1) is 0 Å². The van der Waals surface area contributed by atoms with Crippen LogP contribution in [0.2, 0.25) is 0 Å². The van der Waals surface area contributed by atoms with Crippen molar-refractivity contribution in [1.29, 1.82) is 5.41 Å². The summed E-state index contributed by atoms with van der Waals surface area (Å²) in [5, 5.41) is 6.92. The highest BCUT2D eigenvalue weighted by atomic mass is 16.1. The van der Waals surface area contributed by atoms with E-state index in [1.165, 1.54) is 0 Å². The molecule has 3 N–H and O–H groups in total. The zero-order chi connectivity index (χ0) is 8.36. The summed E-state index contributed by atoms with van der Waals surface area (Å²) in [5.41, 5.74) is 4.81. The van der Waals surface area contributed by atoms with Gasteiger partial charge < -0.3 is 11.1 Å². The number of amides is 1. The lowest BCUT2D eigenvalue weighted by molar-refractivity contribution is -0.122. The van der Waals surface area contributed by atoms with Gasteiger partial charge in [0, 0.05) is 6.21 Å². The molecule has 3 nitrogen and oxygen atoms in total. The lowest BCUT2D eigenvalue weighted by Crippen LogP contribution is -2.34. The number of nitrogens with two attached hydrogens (primary N) is 1. The lowest BCUT2D eigenvalue weighted by atomic mass is 9.81. The predicted octanol–water partition coefficient (Wildman–Crippen LogP) is 0.784. The predicted molar refractivity (Wildman–Crippen MR) is 40.9 cm³/mol. The van der Waals surface area contributed by atoms with Gasteiger partial charge in [0.05, 0.1) is 5.92 Å². The van der Waals surface area contributed by atoms with Crippen molar-refractivity contribution in [2.75, 3.05) is 0 Å². The van der Waals surface area contributed by atoms with Crippen molar-refractivity contribution in [3.8, 4) is 0 Å². The lowest BCUT2D eigenvalue weighted by Gasteiger charge is -2.23. The van der Waals surface area contributed by atoms with Gasteiger partial charge in [-0.05, 0) is 5.41 Å². The van der Waals surface area contributed by atoms with E-state index in [1.54, 1.807) is 0 Å². The SMILES string of the molecule is CC(C)(C)[C@H](C=N)C(N)=O. The topological polar surface area (TPSA) is 66.9 Å². The normalized spacial score (nSPS) is 14.3. The van der Waals surface area contributed by atoms with E-state index in [1.807, 2.05) is 20.8 Å². The maximum atomic E-state index is 10.6. The van der Waals surface area contributed by atoms with E-state index in [-0.39, 0.29) is 5.41 Å². The minimum Gasteiger partial charge on any atom is -0.369 e. The maximum absolute atomic E-state index is 10.6. The minimum atomic E-state index is -0.451. The van der Waals surface area contributed by atoms with Crippen LogP contribution in [0.4, 0.5) is 0 Å². The molecule has 0 radical (unpaired) electrons. The zero-order valence-corrected chi connectivity index (χ0v) is 6.64. The van der Waals surface area contributed by atoms with Gasteiger partial charge in [-0.25, -0.2) is 0 Å². The van der Waals surface area contributed by atoms with Gasteiger partial charge in [0.25, 0.3) is 0 Å². The zero-order valence-electron chi connectivity index (χ0n) is 6.64. The summed E-state index contributed by atoms with van der Waals surface area (Å²) in [5.74, 6) is -0.880. The number of nitrogens with one attached hydrogen (secondary N) is 1. The molecule has 3 heteroatoms. The van der Waals surface area contributed by atoms with Crippen LogP contribution in [0, 0.1) is 16.7 Å². The fourth-order valence-electron chi connectivity index (χ4n) is 0.759. The Morgan fingerprint density at radius 1 is 1.60 bits per heavy atom. The molecule has 0 heterocycles. The van der Waals surface area contributed by atoms with E-state index in [0.29, 0.717) is 0 Å². The molecule has 0 aromatic rings. The summed E-state index contributed by atoms with van der Waals surface area (Å²) in [7, 11) is 0. The highest BCUT2D eigenvalue weighted by molar-refractivity contribution is 5.92. The first-order valence-corrected chi connectivity index (χ1v) is 3.19. The van der Waals surface area contributed by atoms with Crippen molar-refractivity contribution in [3.05, 3.63) is 0 Å². The Hall–Kier alpha value is -0.860. The number of carbonyl (C=O) groups is 1. The minimum absolute atomic E-state index is 0.229. The third-order valence-electron chi connectivity index (χ3n) is 1.41. The highest BCUT2D eigenvalue weighted by Gasteiger charge is 2.26. The second kappa shape index (κ2) is 2.82. The molecule has 0 saturated carbocycles. The molecule has 0 unspecified atom stereocenters. The molecule has 0 aliphatic heterocycles. The molecule has 0 aliphatic carbocycles. The summed E-state index contributed by atoms with van der Waals surface area (Å²) in [4.78, 5) is 10.6. The highest BCUT2D eigenvalue weighted by Crippen LogP contribution is 2.23. The Balaban J connectivity index is 4.36. The molecule has 0 aromatic carbocycles. The average Bonchev–Trinajstić information content (AvgIpc) is 1.60. The quantitative estimate of drug-likeness (QED) is 0.550. The van der Waals surface area contributed by atoms with E-state index >= 15 is 0 Å². The van der Waals surface area contributed by atoms with E-state index in [0.717, 1.165) is 6.21 Å². The van der Waals surface area contributed by atoms with Gasteiger partial charge in [-0.3, -0.25) is 4.79 Å². The van der Waals surface area contributed by atoms with Gasteiger partial charge in [0.15, 0.2) is 0 Å². The monoisotopic (exact) mass is 142 g/mol. The van der Waals surface area contributed by atoms with Crippen LogP contribution in [0.3, 0.4) is 0 Å². The van der Waals surface area contributed by atoms with Crippen LogP contribution in [0.25, 0.3) is 0 Å². The fraction of sp³-hybridized carbons (Fsp3) is 0.714. The molecule has 0 bridgehead atoms. The Bertz CT molecular complexity index is 146. The Labute approximate surface area is 61.1 Å². The molecular weight excluding hydrogens is 128 g/mol. The summed E-state index contributed by atoms with van der Waals surface area (Å²) >= 11 is 0. The second-order valence-electron chi connectivity index (χ2n) is 3.41. The maximum Gasteiger partial charge on any atom is 0.226 e. The van der Waals surface area contributed by atoms with Gasteiger partial charge in [-0.1, -0.05) is 20.8 Å². The van der Waals surface area contributed by atoms with E-state index in [2.05, 4.69) is 0 Å². The number of hydrogen-bond donors (Lipinski definition) is 2. The molecule has 0 fully saturated rings. The van der Waals surface area contributed by atoms with Crippen molar-refractivity contribution in [2.24, 2.45) is 17.1 Å². The van der Waals surface area contributed by atoms with Crippen LogP contribution < -0.4 is 5.73 Å². The van der Waals surface area contributed by atoms with E-state index in [4.69, 9.17) is 11.1 Å². The number of primary amides is 1. The first-order chi connectivity index (χ1) is 4.39.